The first-order valence-electron chi connectivity index (χ1n) is 5.55. The normalized spacial score (nSPS) is 10.5. The summed E-state index contributed by atoms with van der Waals surface area (Å²) in [5.41, 5.74) is -0.996. The van der Waals surface area contributed by atoms with E-state index in [2.05, 4.69) is 10.3 Å². The molecule has 0 atom stereocenters. The molecule has 0 spiro atoms. The van der Waals surface area contributed by atoms with E-state index in [1.165, 1.54) is 0 Å². The predicted octanol–water partition coefficient (Wildman–Crippen LogP) is 2.66. The maximum Gasteiger partial charge on any atom is 0.413 e. The highest BCUT2D eigenvalue weighted by Gasteiger charge is 2.20. The van der Waals surface area contributed by atoms with E-state index in [-0.39, 0.29) is 21.6 Å². The Kier molecular flexibility index (Phi) is 4.47. The molecular weight excluding hydrogens is 282 g/mol. The van der Waals surface area contributed by atoms with Gasteiger partial charge in [-0.2, -0.15) is 5.26 Å². The summed E-state index contributed by atoms with van der Waals surface area (Å²) in [6.45, 7) is 5.02. The number of aromatic carboxylic acids is 1. The Morgan fingerprint density at radius 2 is 2.10 bits per heavy atom. The van der Waals surface area contributed by atoms with Gasteiger partial charge in [-0.3, -0.25) is 5.32 Å². The fourth-order valence-corrected chi connectivity index (χ4v) is 1.49. The molecule has 1 heterocycles. The lowest BCUT2D eigenvalue weighted by molar-refractivity contribution is 0.0635. The van der Waals surface area contributed by atoms with Crippen LogP contribution in [-0.4, -0.2) is 27.8 Å². The number of pyridine rings is 1. The van der Waals surface area contributed by atoms with Crippen LogP contribution in [0.4, 0.5) is 10.6 Å². The number of amides is 1. The largest absolute Gasteiger partial charge is 0.478 e. The van der Waals surface area contributed by atoms with Crippen molar-refractivity contribution in [3.8, 4) is 6.07 Å². The van der Waals surface area contributed by atoms with Gasteiger partial charge in [-0.1, -0.05) is 12.2 Å². The number of carbonyl (C=O) groups excluding carboxylic acids is 1. The number of aromatic amines is 1. The Labute approximate surface area is 120 Å². The predicted molar refractivity (Wildman–Crippen MR) is 73.2 cm³/mol. The minimum absolute atomic E-state index is 0.00661. The maximum atomic E-state index is 11.6. The van der Waals surface area contributed by atoms with Crippen molar-refractivity contribution in [2.45, 2.75) is 26.4 Å². The second-order valence-corrected chi connectivity index (χ2v) is 5.25. The molecule has 0 unspecified atom stereocenters. The second kappa shape index (κ2) is 5.71. The van der Waals surface area contributed by atoms with Crippen molar-refractivity contribution >= 4 is 30.1 Å². The van der Waals surface area contributed by atoms with E-state index in [0.29, 0.717) is 0 Å². The van der Waals surface area contributed by atoms with Crippen LogP contribution in [0, 0.1) is 16.0 Å². The summed E-state index contributed by atoms with van der Waals surface area (Å²) in [6.07, 6.45) is -0.824. The molecule has 1 amide bonds. The van der Waals surface area contributed by atoms with Crippen molar-refractivity contribution in [3.05, 3.63) is 21.8 Å². The minimum Gasteiger partial charge on any atom is -0.478 e. The van der Waals surface area contributed by atoms with Gasteiger partial charge in [-0.25, -0.2) is 9.59 Å². The Morgan fingerprint density at radius 1 is 1.50 bits per heavy atom. The van der Waals surface area contributed by atoms with Crippen molar-refractivity contribution in [1.29, 1.82) is 5.26 Å². The van der Waals surface area contributed by atoms with Gasteiger partial charge < -0.3 is 14.8 Å². The van der Waals surface area contributed by atoms with E-state index >= 15 is 0 Å². The number of hydrogen-bond donors (Lipinski definition) is 3. The van der Waals surface area contributed by atoms with Crippen LogP contribution in [0.3, 0.4) is 0 Å². The summed E-state index contributed by atoms with van der Waals surface area (Å²) >= 11 is 4.88. The standard InChI is InChI=1S/C12H13N3O4S/c1-12(2,3)19-11(18)15-8-7(10(16)17)4-6(5-13)9(20)14-8/h4H,1-3H3,(H,16,17)(H2,14,15,18,20). The molecule has 0 radical (unpaired) electrons. The number of H-pyrrole nitrogens is 1. The molecule has 1 rings (SSSR count). The van der Waals surface area contributed by atoms with E-state index in [1.54, 1.807) is 26.8 Å². The number of rotatable bonds is 2. The molecule has 7 nitrogen and oxygen atoms in total. The number of ether oxygens (including phenoxy) is 1. The lowest BCUT2D eigenvalue weighted by atomic mass is 10.2. The van der Waals surface area contributed by atoms with Gasteiger partial charge in [-0.05, 0) is 26.8 Å². The Bertz CT molecular complexity index is 652. The van der Waals surface area contributed by atoms with Crippen LogP contribution in [-0.2, 0) is 4.74 Å². The summed E-state index contributed by atoms with van der Waals surface area (Å²) < 4.78 is 5.04. The van der Waals surface area contributed by atoms with Gasteiger partial charge in [0.15, 0.2) is 0 Å². The first-order chi connectivity index (χ1) is 9.14. The molecule has 3 N–H and O–H groups in total. The summed E-state index contributed by atoms with van der Waals surface area (Å²) in [5, 5.41) is 20.1. The fourth-order valence-electron chi connectivity index (χ4n) is 1.29. The lowest BCUT2D eigenvalue weighted by Crippen LogP contribution is -2.28. The van der Waals surface area contributed by atoms with E-state index < -0.39 is 17.7 Å². The highest BCUT2D eigenvalue weighted by atomic mass is 32.1. The smallest absolute Gasteiger partial charge is 0.413 e. The van der Waals surface area contributed by atoms with Gasteiger partial charge in [0, 0.05) is 0 Å². The second-order valence-electron chi connectivity index (χ2n) is 4.84. The van der Waals surface area contributed by atoms with Gasteiger partial charge in [0.25, 0.3) is 0 Å². The van der Waals surface area contributed by atoms with E-state index in [4.69, 9.17) is 27.3 Å². The zero-order valence-corrected chi connectivity index (χ0v) is 11.9. The molecule has 0 aliphatic rings. The molecule has 20 heavy (non-hydrogen) atoms. The molecule has 1 aromatic rings. The number of nitriles is 1. The van der Waals surface area contributed by atoms with Crippen molar-refractivity contribution in [2.75, 3.05) is 5.32 Å². The van der Waals surface area contributed by atoms with Crippen LogP contribution in [0.2, 0.25) is 0 Å². The first kappa shape index (κ1) is 15.7. The monoisotopic (exact) mass is 295 g/mol. The zero-order valence-electron chi connectivity index (χ0n) is 11.1. The number of aromatic nitrogens is 1. The van der Waals surface area contributed by atoms with Crippen molar-refractivity contribution in [2.24, 2.45) is 0 Å². The third-order valence-electron chi connectivity index (χ3n) is 2.02. The number of hydrogen-bond acceptors (Lipinski definition) is 5. The highest BCUT2D eigenvalue weighted by Crippen LogP contribution is 2.17. The van der Waals surface area contributed by atoms with Gasteiger partial charge in [-0.15, -0.1) is 0 Å². The Balaban J connectivity index is 3.16. The van der Waals surface area contributed by atoms with Crippen LogP contribution in [0.5, 0.6) is 0 Å². The van der Waals surface area contributed by atoms with Gasteiger partial charge >= 0.3 is 12.1 Å². The van der Waals surface area contributed by atoms with Crippen LogP contribution < -0.4 is 5.32 Å². The summed E-state index contributed by atoms with van der Waals surface area (Å²) in [7, 11) is 0. The maximum absolute atomic E-state index is 11.6. The highest BCUT2D eigenvalue weighted by molar-refractivity contribution is 7.71. The van der Waals surface area contributed by atoms with Gasteiger partial charge in [0.05, 0.1) is 5.56 Å². The molecular formula is C12H13N3O4S. The van der Waals surface area contributed by atoms with Crippen molar-refractivity contribution in [3.63, 3.8) is 0 Å². The molecule has 8 heteroatoms. The molecule has 0 saturated carbocycles. The average molecular weight is 295 g/mol. The number of carboxylic acid groups (broad SMARTS) is 1. The van der Waals surface area contributed by atoms with Crippen LogP contribution in [0.1, 0.15) is 36.7 Å². The Morgan fingerprint density at radius 3 is 2.55 bits per heavy atom. The molecule has 0 saturated heterocycles. The molecule has 0 aliphatic carbocycles. The zero-order chi connectivity index (χ0) is 15.5. The fraction of sp³-hybridized carbons (Fsp3) is 0.333. The molecule has 0 bridgehead atoms. The average Bonchev–Trinajstić information content (AvgIpc) is 2.25. The number of anilines is 1. The van der Waals surface area contributed by atoms with Crippen LogP contribution in [0.25, 0.3) is 0 Å². The summed E-state index contributed by atoms with van der Waals surface area (Å²) in [4.78, 5) is 25.2. The number of nitrogens with one attached hydrogen (secondary N) is 2. The summed E-state index contributed by atoms with van der Waals surface area (Å²) in [5.74, 6) is -1.44. The quantitative estimate of drug-likeness (QED) is 0.722. The van der Waals surface area contributed by atoms with Gasteiger partial charge in [0.2, 0.25) is 0 Å². The van der Waals surface area contributed by atoms with E-state index in [9.17, 15) is 9.59 Å². The molecule has 1 aromatic heterocycles. The van der Waals surface area contributed by atoms with Gasteiger partial charge in [0.1, 0.15) is 27.7 Å². The molecule has 0 aromatic carbocycles. The Hall–Kier alpha value is -2.40. The molecule has 0 fully saturated rings. The van der Waals surface area contributed by atoms with E-state index in [1.807, 2.05) is 0 Å². The number of nitrogens with zero attached hydrogens (tertiary/aromatic N) is 1. The van der Waals surface area contributed by atoms with E-state index in [0.717, 1.165) is 6.07 Å². The summed E-state index contributed by atoms with van der Waals surface area (Å²) in [6, 6.07) is 2.86. The topological polar surface area (TPSA) is 115 Å². The minimum atomic E-state index is -1.31. The van der Waals surface area contributed by atoms with Crippen LogP contribution >= 0.6 is 12.2 Å². The number of carboxylic acids is 1. The third-order valence-corrected chi connectivity index (χ3v) is 2.34. The van der Waals surface area contributed by atoms with Crippen molar-refractivity contribution < 1.29 is 19.4 Å². The first-order valence-corrected chi connectivity index (χ1v) is 5.95. The third kappa shape index (κ3) is 4.07. The number of carbonyl (C=O) groups is 2. The lowest BCUT2D eigenvalue weighted by Gasteiger charge is -2.20. The molecule has 106 valence electrons. The molecule has 0 aliphatic heterocycles. The van der Waals surface area contributed by atoms with Crippen LogP contribution in [0.15, 0.2) is 6.07 Å². The van der Waals surface area contributed by atoms with Crippen molar-refractivity contribution in [1.82, 2.24) is 4.98 Å². The SMILES string of the molecule is CC(C)(C)OC(=O)Nc1[nH]c(=S)c(C#N)cc1C(=O)O.